The number of rotatable bonds is 11. The van der Waals surface area contributed by atoms with Crippen molar-refractivity contribution in [3.8, 4) is 0 Å². The zero-order valence-electron chi connectivity index (χ0n) is 17.3. The van der Waals surface area contributed by atoms with E-state index in [1.807, 2.05) is 13.8 Å². The van der Waals surface area contributed by atoms with Crippen LogP contribution in [-0.2, 0) is 18.6 Å². The second kappa shape index (κ2) is 10.8. The Morgan fingerprint density at radius 2 is 1.80 bits per heavy atom. The first kappa shape index (κ1) is 23.6. The molecule has 0 bridgehead atoms. The van der Waals surface area contributed by atoms with Crippen LogP contribution >= 0.6 is 15.9 Å². The summed E-state index contributed by atoms with van der Waals surface area (Å²) in [6.45, 7) is 13.6. The van der Waals surface area contributed by atoms with Crippen molar-refractivity contribution in [2.75, 3.05) is 19.0 Å². The van der Waals surface area contributed by atoms with Gasteiger partial charge in [0.1, 0.15) is 6.10 Å². The van der Waals surface area contributed by atoms with E-state index in [9.17, 15) is 0 Å². The van der Waals surface area contributed by atoms with E-state index >= 15 is 0 Å². The van der Waals surface area contributed by atoms with Gasteiger partial charge < -0.3 is 18.6 Å². The fourth-order valence-electron chi connectivity index (χ4n) is 3.62. The van der Waals surface area contributed by atoms with Crippen molar-refractivity contribution in [2.24, 2.45) is 5.92 Å². The van der Waals surface area contributed by atoms with Crippen molar-refractivity contribution in [3.05, 3.63) is 0 Å². The summed E-state index contributed by atoms with van der Waals surface area (Å²) in [5, 5.41) is 1.02. The predicted molar refractivity (Wildman–Crippen MR) is 110 cm³/mol. The molecule has 1 aliphatic heterocycles. The SMILES string of the molecule is CC[Si](CC)(CC)O[C@@H]1COC(C)(C)O[C@@H]1[C@H](C[C@@H](C)CCBr)OC. The quantitative estimate of drug-likeness (QED) is 0.321. The molecule has 150 valence electrons. The molecule has 0 amide bonds. The number of halogens is 1. The first-order valence-corrected chi connectivity index (χ1v) is 13.5. The molecule has 1 saturated heterocycles. The molecule has 4 atom stereocenters. The second-order valence-corrected chi connectivity index (χ2v) is 13.3. The molecule has 1 heterocycles. The number of methoxy groups -OCH3 is 1. The van der Waals surface area contributed by atoms with Gasteiger partial charge in [-0.15, -0.1) is 0 Å². The van der Waals surface area contributed by atoms with Gasteiger partial charge in [0, 0.05) is 12.4 Å². The molecule has 1 fully saturated rings. The Morgan fingerprint density at radius 1 is 1.20 bits per heavy atom. The number of alkyl halides is 1. The van der Waals surface area contributed by atoms with Gasteiger partial charge in [-0.3, -0.25) is 0 Å². The lowest BCUT2D eigenvalue weighted by molar-refractivity contribution is -0.318. The number of hydrogen-bond donors (Lipinski definition) is 0. The molecule has 1 rings (SSSR count). The topological polar surface area (TPSA) is 36.9 Å². The van der Waals surface area contributed by atoms with E-state index in [4.69, 9.17) is 18.6 Å². The Kier molecular flexibility index (Phi) is 10.2. The molecule has 6 heteroatoms. The lowest BCUT2D eigenvalue weighted by atomic mass is 9.94. The Labute approximate surface area is 164 Å². The maximum absolute atomic E-state index is 6.76. The van der Waals surface area contributed by atoms with Crippen molar-refractivity contribution < 1.29 is 18.6 Å². The van der Waals surface area contributed by atoms with Gasteiger partial charge in [-0.2, -0.15) is 0 Å². The molecule has 0 aromatic carbocycles. The smallest absolute Gasteiger partial charge is 0.192 e. The summed E-state index contributed by atoms with van der Waals surface area (Å²) in [5.74, 6) is -0.0143. The van der Waals surface area contributed by atoms with Gasteiger partial charge in [0.05, 0.1) is 18.8 Å². The average Bonchev–Trinajstić information content (AvgIpc) is 2.59. The minimum Gasteiger partial charge on any atom is -0.409 e. The zero-order chi connectivity index (χ0) is 19.1. The molecular formula is C19H39BrO4Si. The Morgan fingerprint density at radius 3 is 2.28 bits per heavy atom. The highest BCUT2D eigenvalue weighted by Gasteiger charge is 2.45. The maximum Gasteiger partial charge on any atom is 0.192 e. The summed E-state index contributed by atoms with van der Waals surface area (Å²) >= 11 is 3.54. The van der Waals surface area contributed by atoms with Crippen LogP contribution in [0, 0.1) is 5.92 Å². The molecular weight excluding hydrogens is 400 g/mol. The molecule has 25 heavy (non-hydrogen) atoms. The second-order valence-electron chi connectivity index (χ2n) is 7.79. The van der Waals surface area contributed by atoms with Crippen molar-refractivity contribution >= 4 is 24.2 Å². The largest absolute Gasteiger partial charge is 0.409 e. The van der Waals surface area contributed by atoms with Crippen LogP contribution in [0.2, 0.25) is 18.1 Å². The van der Waals surface area contributed by atoms with E-state index in [-0.39, 0.29) is 18.3 Å². The van der Waals surface area contributed by atoms with Crippen molar-refractivity contribution in [3.63, 3.8) is 0 Å². The summed E-state index contributed by atoms with van der Waals surface area (Å²) < 4.78 is 24.9. The molecule has 0 N–H and O–H groups in total. The van der Waals surface area contributed by atoms with E-state index in [2.05, 4.69) is 43.6 Å². The lowest BCUT2D eigenvalue weighted by Gasteiger charge is -2.46. The van der Waals surface area contributed by atoms with Crippen molar-refractivity contribution in [2.45, 2.75) is 96.6 Å². The lowest BCUT2D eigenvalue weighted by Crippen LogP contribution is -2.58. The fraction of sp³-hybridized carbons (Fsp3) is 1.00. The zero-order valence-corrected chi connectivity index (χ0v) is 19.9. The molecule has 4 nitrogen and oxygen atoms in total. The van der Waals surface area contributed by atoms with E-state index in [0.29, 0.717) is 12.5 Å². The number of hydrogen-bond acceptors (Lipinski definition) is 4. The molecule has 1 aliphatic rings. The molecule has 0 aromatic heterocycles. The summed E-state index contributed by atoms with van der Waals surface area (Å²) in [6.07, 6.45) is 2.01. The van der Waals surface area contributed by atoms with E-state index in [1.54, 1.807) is 7.11 Å². The molecule has 0 aromatic rings. The Bertz CT molecular complexity index is 368. The van der Waals surface area contributed by atoms with Crippen LogP contribution < -0.4 is 0 Å². The third kappa shape index (κ3) is 6.89. The van der Waals surface area contributed by atoms with Crippen LogP contribution in [0.1, 0.15) is 54.4 Å². The Balaban J connectivity index is 2.96. The maximum atomic E-state index is 6.76. The van der Waals surface area contributed by atoms with Crippen LogP contribution in [-0.4, -0.2) is 51.5 Å². The standard InChI is InChI=1S/C19H39BrO4Si/c1-8-25(9-2,10-3)24-17-14-22-19(5,6)23-18(17)16(21-7)13-15(4)11-12-20/h15-18H,8-14H2,1-7H3/t15-,16-,17+,18+/m0/s1. The number of ether oxygens (including phenoxy) is 3. The van der Waals surface area contributed by atoms with E-state index in [0.717, 1.165) is 36.3 Å². The summed E-state index contributed by atoms with van der Waals surface area (Å²) in [6, 6.07) is 3.39. The molecule has 0 radical (unpaired) electrons. The van der Waals surface area contributed by atoms with Gasteiger partial charge in [-0.1, -0.05) is 43.6 Å². The van der Waals surface area contributed by atoms with Gasteiger partial charge in [-0.05, 0) is 50.7 Å². The minimum atomic E-state index is -1.73. The van der Waals surface area contributed by atoms with Gasteiger partial charge in [0.25, 0.3) is 0 Å². The van der Waals surface area contributed by atoms with Gasteiger partial charge in [0.15, 0.2) is 14.1 Å². The fourth-order valence-corrected chi connectivity index (χ4v) is 7.24. The van der Waals surface area contributed by atoms with Crippen LogP contribution in [0.15, 0.2) is 0 Å². The van der Waals surface area contributed by atoms with Gasteiger partial charge in [0.2, 0.25) is 0 Å². The molecule has 0 spiro atoms. The molecule has 0 aliphatic carbocycles. The summed E-state index contributed by atoms with van der Waals surface area (Å²) in [4.78, 5) is 0. The van der Waals surface area contributed by atoms with E-state index in [1.165, 1.54) is 0 Å². The monoisotopic (exact) mass is 438 g/mol. The van der Waals surface area contributed by atoms with Crippen LogP contribution in [0.5, 0.6) is 0 Å². The first-order valence-electron chi connectivity index (χ1n) is 9.84. The highest BCUT2D eigenvalue weighted by atomic mass is 79.9. The first-order chi connectivity index (χ1) is 11.8. The third-order valence-electron chi connectivity index (χ3n) is 5.62. The third-order valence-corrected chi connectivity index (χ3v) is 10.7. The molecule has 0 unspecified atom stereocenters. The van der Waals surface area contributed by atoms with E-state index < -0.39 is 14.1 Å². The van der Waals surface area contributed by atoms with Crippen LogP contribution in [0.25, 0.3) is 0 Å². The van der Waals surface area contributed by atoms with Crippen LogP contribution in [0.3, 0.4) is 0 Å². The predicted octanol–water partition coefficient (Wildman–Crippen LogP) is 5.35. The van der Waals surface area contributed by atoms with Crippen molar-refractivity contribution in [1.82, 2.24) is 0 Å². The summed E-state index contributed by atoms with van der Waals surface area (Å²) in [7, 11) is 0.0605. The van der Waals surface area contributed by atoms with Gasteiger partial charge in [-0.25, -0.2) is 0 Å². The molecule has 0 saturated carbocycles. The Hall–Kier alpha value is 0.537. The highest BCUT2D eigenvalue weighted by molar-refractivity contribution is 9.09. The highest BCUT2D eigenvalue weighted by Crippen LogP contribution is 2.33. The average molecular weight is 440 g/mol. The normalized spacial score (nSPS) is 26.4. The van der Waals surface area contributed by atoms with Crippen LogP contribution in [0.4, 0.5) is 0 Å². The van der Waals surface area contributed by atoms with Gasteiger partial charge >= 0.3 is 0 Å². The summed E-state index contributed by atoms with van der Waals surface area (Å²) in [5.41, 5.74) is 0. The minimum absolute atomic E-state index is 0.0273. The van der Waals surface area contributed by atoms with Crippen molar-refractivity contribution in [1.29, 1.82) is 0 Å².